The first kappa shape index (κ1) is 12.2. The number of benzene rings is 1. The third-order valence-corrected chi connectivity index (χ3v) is 2.19. The minimum atomic E-state index is -4.38. The van der Waals surface area contributed by atoms with Crippen LogP contribution in [0.1, 0.15) is 0 Å². The molecule has 0 saturated carbocycles. The van der Waals surface area contributed by atoms with Crippen molar-refractivity contribution in [1.29, 1.82) is 0 Å². The number of aromatic nitrogens is 2. The molecule has 0 fully saturated rings. The first-order valence-corrected chi connectivity index (χ1v) is 4.95. The summed E-state index contributed by atoms with van der Waals surface area (Å²) in [6.07, 6.45) is -4.38. The fourth-order valence-electron chi connectivity index (χ4n) is 1.42. The van der Waals surface area contributed by atoms with Crippen LogP contribution < -0.4 is 16.6 Å². The van der Waals surface area contributed by atoms with E-state index in [1.807, 2.05) is 5.32 Å². The summed E-state index contributed by atoms with van der Waals surface area (Å²) >= 11 is 0. The Balaban J connectivity index is 2.38. The van der Waals surface area contributed by atoms with Gasteiger partial charge in [-0.1, -0.05) is 0 Å². The Morgan fingerprint density at radius 3 is 2.78 bits per heavy atom. The first-order valence-electron chi connectivity index (χ1n) is 4.95. The van der Waals surface area contributed by atoms with E-state index in [-0.39, 0.29) is 16.9 Å². The maximum absolute atomic E-state index is 12.0. The van der Waals surface area contributed by atoms with Gasteiger partial charge in [0.05, 0.1) is 10.9 Å². The van der Waals surface area contributed by atoms with Gasteiger partial charge in [0.25, 0.3) is 5.56 Å². The molecule has 2 rings (SSSR count). The van der Waals surface area contributed by atoms with E-state index in [0.717, 1.165) is 0 Å². The van der Waals surface area contributed by atoms with Gasteiger partial charge in [-0.15, -0.1) is 0 Å². The number of aromatic amines is 1. The summed E-state index contributed by atoms with van der Waals surface area (Å²) in [4.78, 5) is 17.7. The molecule has 0 radical (unpaired) electrons. The predicted octanol–water partition coefficient (Wildman–Crippen LogP) is 1.48. The molecule has 18 heavy (non-hydrogen) atoms. The molecule has 1 aromatic heterocycles. The van der Waals surface area contributed by atoms with E-state index in [4.69, 9.17) is 5.73 Å². The topological polar surface area (TPSA) is 83.8 Å². The van der Waals surface area contributed by atoms with Crippen LogP contribution in [0.5, 0.6) is 0 Å². The van der Waals surface area contributed by atoms with Gasteiger partial charge in [0, 0.05) is 5.69 Å². The van der Waals surface area contributed by atoms with Crippen molar-refractivity contribution in [3.63, 3.8) is 0 Å². The fraction of sp³-hybridized carbons (Fsp3) is 0.200. The Hall–Kier alpha value is -2.25. The molecule has 0 aliphatic carbocycles. The lowest BCUT2D eigenvalue weighted by atomic mass is 10.2. The maximum atomic E-state index is 12.0. The number of H-pyrrole nitrogens is 1. The van der Waals surface area contributed by atoms with Gasteiger partial charge in [-0.05, 0) is 18.2 Å². The maximum Gasteiger partial charge on any atom is 0.405 e. The Kier molecular flexibility index (Phi) is 2.85. The molecule has 0 spiro atoms. The molecule has 1 aromatic carbocycles. The zero-order valence-electron chi connectivity index (χ0n) is 9.01. The Morgan fingerprint density at radius 2 is 2.11 bits per heavy atom. The lowest BCUT2D eigenvalue weighted by molar-refractivity contribution is -0.115. The highest BCUT2D eigenvalue weighted by atomic mass is 19.4. The Bertz CT molecular complexity index is 635. The summed E-state index contributed by atoms with van der Waals surface area (Å²) in [7, 11) is 0. The number of fused-ring (bicyclic) bond motifs is 1. The molecule has 0 bridgehead atoms. The minimum absolute atomic E-state index is 0.227. The SMILES string of the molecule is Nc1ccc2nc(NCC(F)(F)F)[nH]c(=O)c2c1. The number of nitrogens with zero attached hydrogens (tertiary/aromatic N) is 1. The molecule has 0 atom stereocenters. The van der Waals surface area contributed by atoms with Gasteiger partial charge in [0.1, 0.15) is 6.54 Å². The molecule has 0 aliphatic heterocycles. The van der Waals surface area contributed by atoms with Gasteiger partial charge in [0.2, 0.25) is 5.95 Å². The van der Waals surface area contributed by atoms with Gasteiger partial charge < -0.3 is 11.1 Å². The van der Waals surface area contributed by atoms with E-state index in [1.54, 1.807) is 0 Å². The van der Waals surface area contributed by atoms with E-state index in [2.05, 4.69) is 9.97 Å². The highest BCUT2D eigenvalue weighted by Gasteiger charge is 2.27. The fourth-order valence-corrected chi connectivity index (χ4v) is 1.42. The largest absolute Gasteiger partial charge is 0.405 e. The zero-order valence-corrected chi connectivity index (χ0v) is 9.01. The number of alkyl halides is 3. The van der Waals surface area contributed by atoms with E-state index < -0.39 is 18.3 Å². The zero-order chi connectivity index (χ0) is 13.3. The quantitative estimate of drug-likeness (QED) is 0.712. The molecule has 96 valence electrons. The molecule has 0 amide bonds. The highest BCUT2D eigenvalue weighted by Crippen LogP contribution is 2.16. The van der Waals surface area contributed by atoms with Crippen molar-refractivity contribution in [1.82, 2.24) is 9.97 Å². The van der Waals surface area contributed by atoms with Crippen LogP contribution in [0.25, 0.3) is 10.9 Å². The predicted molar refractivity (Wildman–Crippen MR) is 61.3 cm³/mol. The molecular formula is C10H9F3N4O. The second-order valence-corrected chi connectivity index (χ2v) is 3.66. The lowest BCUT2D eigenvalue weighted by Gasteiger charge is -2.09. The molecule has 0 saturated heterocycles. The summed E-state index contributed by atoms with van der Waals surface area (Å²) in [5, 5.41) is 2.24. The minimum Gasteiger partial charge on any atom is -0.399 e. The number of nitrogens with one attached hydrogen (secondary N) is 2. The molecule has 4 N–H and O–H groups in total. The molecule has 0 unspecified atom stereocenters. The second kappa shape index (κ2) is 4.21. The number of hydrogen-bond acceptors (Lipinski definition) is 4. The van der Waals surface area contributed by atoms with Gasteiger partial charge in [0.15, 0.2) is 0 Å². The molecule has 2 aromatic rings. The van der Waals surface area contributed by atoms with E-state index >= 15 is 0 Å². The number of rotatable bonds is 2. The van der Waals surface area contributed by atoms with Crippen LogP contribution in [0.15, 0.2) is 23.0 Å². The van der Waals surface area contributed by atoms with Crippen LogP contribution in [0.3, 0.4) is 0 Å². The Morgan fingerprint density at radius 1 is 1.39 bits per heavy atom. The van der Waals surface area contributed by atoms with Crippen molar-refractivity contribution in [2.24, 2.45) is 0 Å². The summed E-state index contributed by atoms with van der Waals surface area (Å²) in [6, 6.07) is 4.40. The summed E-state index contributed by atoms with van der Waals surface area (Å²) in [5.74, 6) is -0.227. The van der Waals surface area contributed by atoms with Crippen molar-refractivity contribution >= 4 is 22.5 Å². The van der Waals surface area contributed by atoms with E-state index in [0.29, 0.717) is 5.69 Å². The highest BCUT2D eigenvalue weighted by molar-refractivity contribution is 5.81. The number of nitrogens with two attached hydrogens (primary N) is 1. The normalized spacial score (nSPS) is 11.7. The Labute approximate surface area is 98.8 Å². The van der Waals surface area contributed by atoms with Gasteiger partial charge in [-0.2, -0.15) is 13.2 Å². The van der Waals surface area contributed by atoms with Crippen molar-refractivity contribution in [3.8, 4) is 0 Å². The third-order valence-electron chi connectivity index (χ3n) is 2.19. The van der Waals surface area contributed by atoms with Gasteiger partial charge in [-0.3, -0.25) is 9.78 Å². The summed E-state index contributed by atoms with van der Waals surface area (Å²) < 4.78 is 36.0. The molecule has 1 heterocycles. The van der Waals surface area contributed by atoms with Crippen LogP contribution >= 0.6 is 0 Å². The van der Waals surface area contributed by atoms with Crippen LogP contribution in [0, 0.1) is 0 Å². The van der Waals surface area contributed by atoms with Gasteiger partial charge in [-0.25, -0.2) is 4.98 Å². The first-order chi connectivity index (χ1) is 8.35. The second-order valence-electron chi connectivity index (χ2n) is 3.66. The van der Waals surface area contributed by atoms with Crippen molar-refractivity contribution in [2.75, 3.05) is 17.6 Å². The molecule has 0 aliphatic rings. The van der Waals surface area contributed by atoms with Crippen molar-refractivity contribution < 1.29 is 13.2 Å². The van der Waals surface area contributed by atoms with Crippen LogP contribution in [0.4, 0.5) is 24.8 Å². The third kappa shape index (κ3) is 2.70. The standard InChI is InChI=1S/C10H9F3N4O/c11-10(12,13)4-15-9-16-7-2-1-5(14)3-6(7)8(18)17-9/h1-3H,4,14H2,(H2,15,16,17,18). The summed E-state index contributed by atoms with van der Waals surface area (Å²) in [5.41, 5.74) is 5.61. The van der Waals surface area contributed by atoms with Crippen molar-refractivity contribution in [2.45, 2.75) is 6.18 Å². The van der Waals surface area contributed by atoms with Crippen molar-refractivity contribution in [3.05, 3.63) is 28.6 Å². The van der Waals surface area contributed by atoms with Crippen LogP contribution in [-0.2, 0) is 0 Å². The number of hydrogen-bond donors (Lipinski definition) is 3. The molecule has 5 nitrogen and oxygen atoms in total. The van der Waals surface area contributed by atoms with E-state index in [1.165, 1.54) is 18.2 Å². The lowest BCUT2D eigenvalue weighted by Crippen LogP contribution is -2.24. The van der Waals surface area contributed by atoms with Crippen LogP contribution in [-0.4, -0.2) is 22.7 Å². The average molecular weight is 258 g/mol. The summed E-state index contributed by atoms with van der Waals surface area (Å²) in [6.45, 7) is -1.27. The number of halogens is 3. The number of anilines is 2. The molecule has 8 heteroatoms. The smallest absolute Gasteiger partial charge is 0.399 e. The monoisotopic (exact) mass is 258 g/mol. The van der Waals surface area contributed by atoms with Crippen LogP contribution in [0.2, 0.25) is 0 Å². The molecular weight excluding hydrogens is 249 g/mol. The number of nitrogen functional groups attached to an aromatic ring is 1. The van der Waals surface area contributed by atoms with E-state index in [9.17, 15) is 18.0 Å². The average Bonchev–Trinajstić information content (AvgIpc) is 2.26. The van der Waals surface area contributed by atoms with Gasteiger partial charge >= 0.3 is 6.18 Å².